The molecule has 0 fully saturated rings. The van der Waals surface area contributed by atoms with Crippen molar-refractivity contribution >= 4 is 5.97 Å². The summed E-state index contributed by atoms with van der Waals surface area (Å²) < 4.78 is 5.80. The monoisotopic (exact) mass is 256 g/mol. The molecule has 1 N–H and O–H groups in total. The van der Waals surface area contributed by atoms with E-state index >= 15 is 0 Å². The molecule has 0 heterocycles. The highest BCUT2D eigenvalue weighted by atomic mass is 16.5. The highest BCUT2D eigenvalue weighted by Gasteiger charge is 2.05. The SMILES string of the molecule is CCCc1ccccc1Oc1ccc(C(=O)O)cc1. The summed E-state index contributed by atoms with van der Waals surface area (Å²) >= 11 is 0. The highest BCUT2D eigenvalue weighted by molar-refractivity contribution is 5.87. The first-order valence-corrected chi connectivity index (χ1v) is 6.30. The van der Waals surface area contributed by atoms with Crippen molar-refractivity contribution < 1.29 is 14.6 Å². The number of aryl methyl sites for hydroxylation is 1. The molecule has 98 valence electrons. The zero-order valence-electron chi connectivity index (χ0n) is 10.8. The number of carboxylic acid groups (broad SMARTS) is 1. The molecular weight excluding hydrogens is 240 g/mol. The second-order valence-corrected chi connectivity index (χ2v) is 4.29. The molecule has 0 amide bonds. The van der Waals surface area contributed by atoms with Crippen LogP contribution in [0.4, 0.5) is 0 Å². The van der Waals surface area contributed by atoms with Crippen LogP contribution in [-0.4, -0.2) is 11.1 Å². The smallest absolute Gasteiger partial charge is 0.335 e. The third kappa shape index (κ3) is 3.35. The minimum atomic E-state index is -0.932. The summed E-state index contributed by atoms with van der Waals surface area (Å²) in [5, 5.41) is 8.84. The Balaban J connectivity index is 2.19. The first-order valence-electron chi connectivity index (χ1n) is 6.30. The van der Waals surface area contributed by atoms with Gasteiger partial charge < -0.3 is 9.84 Å². The number of hydrogen-bond donors (Lipinski definition) is 1. The number of benzene rings is 2. The molecule has 0 bridgehead atoms. The molecule has 0 aromatic heterocycles. The van der Waals surface area contributed by atoms with Crippen LogP contribution in [0.1, 0.15) is 29.3 Å². The molecule has 0 spiro atoms. The average Bonchev–Trinajstić information content (AvgIpc) is 2.42. The molecule has 0 aliphatic rings. The number of ether oxygens (including phenoxy) is 1. The van der Waals surface area contributed by atoms with Crippen molar-refractivity contribution in [3.63, 3.8) is 0 Å². The zero-order chi connectivity index (χ0) is 13.7. The predicted octanol–water partition coefficient (Wildman–Crippen LogP) is 4.13. The molecule has 0 atom stereocenters. The van der Waals surface area contributed by atoms with Crippen LogP contribution in [0.5, 0.6) is 11.5 Å². The third-order valence-electron chi connectivity index (χ3n) is 2.82. The molecule has 3 heteroatoms. The Kier molecular flexibility index (Phi) is 4.18. The summed E-state index contributed by atoms with van der Waals surface area (Å²) in [6, 6.07) is 14.3. The maximum absolute atomic E-state index is 10.8. The first-order chi connectivity index (χ1) is 9.20. The van der Waals surface area contributed by atoms with Crippen LogP contribution in [0.2, 0.25) is 0 Å². The van der Waals surface area contributed by atoms with Crippen molar-refractivity contribution in [1.82, 2.24) is 0 Å². The Morgan fingerprint density at radius 3 is 2.42 bits per heavy atom. The van der Waals surface area contributed by atoms with E-state index in [0.717, 1.165) is 24.2 Å². The van der Waals surface area contributed by atoms with Gasteiger partial charge in [0.05, 0.1) is 5.56 Å². The molecule has 0 radical (unpaired) electrons. The zero-order valence-corrected chi connectivity index (χ0v) is 10.8. The predicted molar refractivity (Wildman–Crippen MR) is 73.9 cm³/mol. The lowest BCUT2D eigenvalue weighted by molar-refractivity contribution is 0.0697. The summed E-state index contributed by atoms with van der Waals surface area (Å²) in [5.74, 6) is 0.541. The number of carboxylic acids is 1. The number of carbonyl (C=O) groups is 1. The van der Waals surface area contributed by atoms with Gasteiger partial charge in [-0.3, -0.25) is 0 Å². The van der Waals surface area contributed by atoms with Crippen LogP contribution in [0, 0.1) is 0 Å². The highest BCUT2D eigenvalue weighted by Crippen LogP contribution is 2.26. The van der Waals surface area contributed by atoms with Gasteiger partial charge in [-0.1, -0.05) is 31.5 Å². The first kappa shape index (κ1) is 13.1. The summed E-state index contributed by atoms with van der Waals surface area (Å²) in [5.41, 5.74) is 1.42. The Hall–Kier alpha value is -2.29. The van der Waals surface area contributed by atoms with E-state index in [4.69, 9.17) is 9.84 Å². The van der Waals surface area contributed by atoms with Crippen molar-refractivity contribution in [1.29, 1.82) is 0 Å². The molecule has 2 aromatic rings. The fourth-order valence-corrected chi connectivity index (χ4v) is 1.87. The van der Waals surface area contributed by atoms with Gasteiger partial charge in [0.25, 0.3) is 0 Å². The van der Waals surface area contributed by atoms with Crippen LogP contribution in [0.3, 0.4) is 0 Å². The van der Waals surface area contributed by atoms with Gasteiger partial charge in [0.2, 0.25) is 0 Å². The van der Waals surface area contributed by atoms with Crippen molar-refractivity contribution in [2.75, 3.05) is 0 Å². The fraction of sp³-hybridized carbons (Fsp3) is 0.188. The summed E-state index contributed by atoms with van der Waals surface area (Å²) in [6.45, 7) is 2.12. The molecule has 0 aliphatic carbocycles. The number of rotatable bonds is 5. The van der Waals surface area contributed by atoms with Gasteiger partial charge in [0.15, 0.2) is 0 Å². The summed E-state index contributed by atoms with van der Waals surface area (Å²) in [4.78, 5) is 10.8. The third-order valence-corrected chi connectivity index (χ3v) is 2.82. The van der Waals surface area contributed by atoms with Gasteiger partial charge in [-0.15, -0.1) is 0 Å². The van der Waals surface area contributed by atoms with E-state index in [9.17, 15) is 4.79 Å². The lowest BCUT2D eigenvalue weighted by Gasteiger charge is -2.10. The molecule has 19 heavy (non-hydrogen) atoms. The van der Waals surface area contributed by atoms with Crippen LogP contribution < -0.4 is 4.74 Å². The molecule has 3 nitrogen and oxygen atoms in total. The van der Waals surface area contributed by atoms with Crippen LogP contribution >= 0.6 is 0 Å². The van der Waals surface area contributed by atoms with Gasteiger partial charge >= 0.3 is 5.97 Å². The van der Waals surface area contributed by atoms with Gasteiger partial charge in [-0.05, 0) is 42.3 Å². The van der Waals surface area contributed by atoms with Crippen molar-refractivity contribution in [3.05, 3.63) is 59.7 Å². The van der Waals surface area contributed by atoms with Gasteiger partial charge in [-0.25, -0.2) is 4.79 Å². The summed E-state index contributed by atoms with van der Waals surface area (Å²) in [6.07, 6.45) is 2.02. The standard InChI is InChI=1S/C16H16O3/c1-2-5-12-6-3-4-7-15(12)19-14-10-8-13(9-11-14)16(17)18/h3-4,6-11H,2,5H2,1H3,(H,17,18). The molecule has 0 aliphatic heterocycles. The normalized spacial score (nSPS) is 10.2. The van der Waals surface area contributed by atoms with Crippen LogP contribution in [0.25, 0.3) is 0 Å². The molecule has 2 rings (SSSR count). The van der Waals surface area contributed by atoms with Crippen LogP contribution in [-0.2, 0) is 6.42 Å². The minimum Gasteiger partial charge on any atom is -0.478 e. The summed E-state index contributed by atoms with van der Waals surface area (Å²) in [7, 11) is 0. The fourth-order valence-electron chi connectivity index (χ4n) is 1.87. The number of para-hydroxylation sites is 1. The van der Waals surface area contributed by atoms with E-state index in [1.165, 1.54) is 0 Å². The molecule has 2 aromatic carbocycles. The second kappa shape index (κ2) is 6.05. The maximum atomic E-state index is 10.8. The van der Waals surface area contributed by atoms with Crippen molar-refractivity contribution in [2.45, 2.75) is 19.8 Å². The minimum absolute atomic E-state index is 0.259. The van der Waals surface area contributed by atoms with E-state index in [2.05, 4.69) is 6.92 Å². The second-order valence-electron chi connectivity index (χ2n) is 4.29. The number of hydrogen-bond acceptors (Lipinski definition) is 2. The van der Waals surface area contributed by atoms with E-state index < -0.39 is 5.97 Å². The Morgan fingerprint density at radius 2 is 1.79 bits per heavy atom. The molecule has 0 saturated carbocycles. The van der Waals surface area contributed by atoms with E-state index in [1.807, 2.05) is 24.3 Å². The lowest BCUT2D eigenvalue weighted by Crippen LogP contribution is -1.96. The van der Waals surface area contributed by atoms with E-state index in [-0.39, 0.29) is 5.56 Å². The quantitative estimate of drug-likeness (QED) is 0.874. The molecule has 0 unspecified atom stereocenters. The van der Waals surface area contributed by atoms with E-state index in [1.54, 1.807) is 24.3 Å². The Morgan fingerprint density at radius 1 is 1.11 bits per heavy atom. The largest absolute Gasteiger partial charge is 0.478 e. The Labute approximate surface area is 112 Å². The van der Waals surface area contributed by atoms with E-state index in [0.29, 0.717) is 5.75 Å². The van der Waals surface area contributed by atoms with Gasteiger partial charge in [0.1, 0.15) is 11.5 Å². The average molecular weight is 256 g/mol. The number of aromatic carboxylic acids is 1. The van der Waals surface area contributed by atoms with Crippen molar-refractivity contribution in [3.8, 4) is 11.5 Å². The molecule has 0 saturated heterocycles. The molecular formula is C16H16O3. The Bertz CT molecular complexity index is 558. The van der Waals surface area contributed by atoms with Crippen LogP contribution in [0.15, 0.2) is 48.5 Å². The lowest BCUT2D eigenvalue weighted by atomic mass is 10.1. The van der Waals surface area contributed by atoms with Gasteiger partial charge in [0, 0.05) is 0 Å². The van der Waals surface area contributed by atoms with Gasteiger partial charge in [-0.2, -0.15) is 0 Å². The van der Waals surface area contributed by atoms with Crippen molar-refractivity contribution in [2.24, 2.45) is 0 Å². The maximum Gasteiger partial charge on any atom is 0.335 e. The topological polar surface area (TPSA) is 46.5 Å².